The monoisotopic (exact) mass is 247 g/mol. The number of fused-ring (bicyclic) bond motifs is 3. The highest BCUT2D eigenvalue weighted by Crippen LogP contribution is 2.29. The van der Waals surface area contributed by atoms with Gasteiger partial charge in [-0.05, 0) is 0 Å². The predicted molar refractivity (Wildman–Crippen MR) is 68.1 cm³/mol. The molecule has 0 saturated heterocycles. The van der Waals surface area contributed by atoms with E-state index < -0.39 is 0 Å². The molecular formula is C10H9N5OS. The Balaban J connectivity index is 2.50. The van der Waals surface area contributed by atoms with Crippen LogP contribution in [-0.2, 0) is 6.54 Å². The van der Waals surface area contributed by atoms with E-state index in [9.17, 15) is 4.79 Å². The van der Waals surface area contributed by atoms with Crippen molar-refractivity contribution in [1.29, 1.82) is 0 Å². The molecule has 86 valence electrons. The van der Waals surface area contributed by atoms with Crippen molar-refractivity contribution >= 4 is 37.8 Å². The Kier molecular flexibility index (Phi) is 2.02. The van der Waals surface area contributed by atoms with Crippen molar-refractivity contribution in [3.8, 4) is 0 Å². The highest BCUT2D eigenvalue weighted by Gasteiger charge is 2.14. The Morgan fingerprint density at radius 2 is 2.47 bits per heavy atom. The first-order valence-electron chi connectivity index (χ1n) is 4.94. The van der Waals surface area contributed by atoms with Crippen LogP contribution >= 0.6 is 11.3 Å². The van der Waals surface area contributed by atoms with E-state index in [2.05, 4.69) is 21.5 Å². The van der Waals surface area contributed by atoms with E-state index in [4.69, 9.17) is 5.73 Å². The zero-order valence-electron chi connectivity index (χ0n) is 8.80. The lowest BCUT2D eigenvalue weighted by Crippen LogP contribution is -2.09. The topological polar surface area (TPSA) is 89.6 Å². The second kappa shape index (κ2) is 3.42. The van der Waals surface area contributed by atoms with Crippen molar-refractivity contribution in [3.05, 3.63) is 29.3 Å². The molecule has 0 aliphatic heterocycles. The summed E-state index contributed by atoms with van der Waals surface area (Å²) in [4.78, 5) is 23.4. The van der Waals surface area contributed by atoms with Crippen LogP contribution in [0.4, 0.5) is 5.95 Å². The van der Waals surface area contributed by atoms with Crippen LogP contribution in [0.25, 0.3) is 20.6 Å². The number of nitrogen functional groups attached to an aromatic ring is 1. The highest BCUT2D eigenvalue weighted by atomic mass is 32.1. The lowest BCUT2D eigenvalue weighted by atomic mass is 10.4. The number of thiophene rings is 1. The van der Waals surface area contributed by atoms with Crippen LogP contribution in [0.2, 0.25) is 0 Å². The Morgan fingerprint density at radius 1 is 1.65 bits per heavy atom. The van der Waals surface area contributed by atoms with E-state index in [1.54, 1.807) is 12.4 Å². The van der Waals surface area contributed by atoms with Crippen molar-refractivity contribution in [2.45, 2.75) is 6.54 Å². The number of nitrogens with zero attached hydrogens (tertiary/aromatic N) is 3. The summed E-state index contributed by atoms with van der Waals surface area (Å²) >= 11 is 1.32. The second-order valence-electron chi connectivity index (χ2n) is 3.57. The summed E-state index contributed by atoms with van der Waals surface area (Å²) in [5.41, 5.74) is 6.77. The maximum absolute atomic E-state index is 11.7. The Morgan fingerprint density at radius 3 is 3.24 bits per heavy atom. The molecule has 0 bridgehead atoms. The minimum atomic E-state index is -0.222. The first kappa shape index (κ1) is 10.0. The zero-order valence-corrected chi connectivity index (χ0v) is 9.62. The van der Waals surface area contributed by atoms with Gasteiger partial charge < -0.3 is 10.3 Å². The molecule has 0 fully saturated rings. The Labute approximate surface area is 99.4 Å². The molecule has 3 aromatic rings. The molecule has 0 aromatic carbocycles. The maximum Gasteiger partial charge on any atom is 0.270 e. The molecule has 0 aliphatic carbocycles. The molecule has 0 aliphatic rings. The van der Waals surface area contributed by atoms with Gasteiger partial charge >= 0.3 is 0 Å². The highest BCUT2D eigenvalue weighted by molar-refractivity contribution is 7.25. The molecule has 0 unspecified atom stereocenters. The number of nitrogens with one attached hydrogen (secondary N) is 1. The summed E-state index contributed by atoms with van der Waals surface area (Å²) in [6.45, 7) is 4.31. The van der Waals surface area contributed by atoms with Crippen molar-refractivity contribution in [2.24, 2.45) is 0 Å². The van der Waals surface area contributed by atoms with Crippen molar-refractivity contribution < 1.29 is 0 Å². The fourth-order valence-corrected chi connectivity index (χ4v) is 2.77. The number of H-pyrrole nitrogens is 1. The molecule has 0 spiro atoms. The molecule has 3 aromatic heterocycles. The van der Waals surface area contributed by atoms with Crippen LogP contribution in [0.3, 0.4) is 0 Å². The van der Waals surface area contributed by atoms with Crippen LogP contribution in [0.5, 0.6) is 0 Å². The third-order valence-corrected chi connectivity index (χ3v) is 3.52. The second-order valence-corrected chi connectivity index (χ2v) is 4.57. The first-order valence-corrected chi connectivity index (χ1v) is 5.76. The molecule has 0 atom stereocenters. The van der Waals surface area contributed by atoms with Gasteiger partial charge in [0.05, 0.1) is 6.33 Å². The lowest BCUT2D eigenvalue weighted by molar-refractivity contribution is 0.853. The van der Waals surface area contributed by atoms with E-state index >= 15 is 0 Å². The molecule has 0 radical (unpaired) electrons. The van der Waals surface area contributed by atoms with Crippen LogP contribution in [0.15, 0.2) is 23.8 Å². The Hall–Kier alpha value is -2.15. The number of anilines is 1. The van der Waals surface area contributed by atoms with Crippen LogP contribution in [0, 0.1) is 0 Å². The molecule has 3 N–H and O–H groups in total. The fourth-order valence-electron chi connectivity index (χ4n) is 1.79. The zero-order chi connectivity index (χ0) is 12.0. The van der Waals surface area contributed by atoms with Crippen LogP contribution in [-0.4, -0.2) is 19.5 Å². The summed E-state index contributed by atoms with van der Waals surface area (Å²) in [6.07, 6.45) is 3.47. The number of aromatic amines is 1. The van der Waals surface area contributed by atoms with E-state index in [-0.39, 0.29) is 11.5 Å². The molecular weight excluding hydrogens is 238 g/mol. The van der Waals surface area contributed by atoms with Gasteiger partial charge in [-0.15, -0.1) is 17.9 Å². The molecule has 17 heavy (non-hydrogen) atoms. The van der Waals surface area contributed by atoms with Gasteiger partial charge in [0, 0.05) is 6.54 Å². The minimum absolute atomic E-state index is 0.119. The van der Waals surface area contributed by atoms with Gasteiger partial charge in [-0.1, -0.05) is 6.08 Å². The summed E-state index contributed by atoms with van der Waals surface area (Å²) < 4.78 is 2.45. The van der Waals surface area contributed by atoms with Gasteiger partial charge in [0.15, 0.2) is 0 Å². The molecule has 0 saturated carbocycles. The predicted octanol–water partition coefficient (Wildman–Crippen LogP) is 1.10. The average Bonchev–Trinajstić information content (AvgIpc) is 2.80. The van der Waals surface area contributed by atoms with Crippen LogP contribution in [0.1, 0.15) is 0 Å². The van der Waals surface area contributed by atoms with E-state index in [0.717, 1.165) is 10.3 Å². The van der Waals surface area contributed by atoms with Crippen molar-refractivity contribution in [3.63, 3.8) is 0 Å². The SMILES string of the molecule is C=CCn1cnc2sc3c(=O)[nH]c(N)nc3c21. The number of aromatic nitrogens is 4. The summed E-state index contributed by atoms with van der Waals surface area (Å²) in [7, 11) is 0. The minimum Gasteiger partial charge on any atom is -0.369 e. The van der Waals surface area contributed by atoms with Crippen molar-refractivity contribution in [2.75, 3.05) is 5.73 Å². The van der Waals surface area contributed by atoms with Gasteiger partial charge in [0.2, 0.25) is 5.95 Å². The number of nitrogens with two attached hydrogens (primary N) is 1. The van der Waals surface area contributed by atoms with E-state index in [1.807, 2.05) is 4.57 Å². The molecule has 6 nitrogen and oxygen atoms in total. The Bertz CT molecular complexity index is 781. The summed E-state index contributed by atoms with van der Waals surface area (Å²) in [6, 6.07) is 0. The first-order chi connectivity index (χ1) is 8.20. The maximum atomic E-state index is 11.7. The van der Waals surface area contributed by atoms with E-state index in [1.165, 1.54) is 11.3 Å². The van der Waals surface area contributed by atoms with Gasteiger partial charge in [0.1, 0.15) is 20.6 Å². The molecule has 0 amide bonds. The smallest absolute Gasteiger partial charge is 0.270 e. The number of hydrogen-bond acceptors (Lipinski definition) is 5. The molecule has 3 heterocycles. The fraction of sp³-hybridized carbons (Fsp3) is 0.100. The van der Waals surface area contributed by atoms with Crippen molar-refractivity contribution in [1.82, 2.24) is 19.5 Å². The van der Waals surface area contributed by atoms with Gasteiger partial charge in [-0.2, -0.15) is 0 Å². The third kappa shape index (κ3) is 1.36. The number of hydrogen-bond donors (Lipinski definition) is 2. The van der Waals surface area contributed by atoms with Gasteiger partial charge in [-0.3, -0.25) is 9.78 Å². The third-order valence-electron chi connectivity index (χ3n) is 2.45. The quantitative estimate of drug-likeness (QED) is 0.663. The largest absolute Gasteiger partial charge is 0.369 e. The molecule has 7 heteroatoms. The lowest BCUT2D eigenvalue weighted by Gasteiger charge is -1.98. The van der Waals surface area contributed by atoms with Gasteiger partial charge in [0.25, 0.3) is 5.56 Å². The number of allylic oxidation sites excluding steroid dienone is 1. The average molecular weight is 247 g/mol. The van der Waals surface area contributed by atoms with E-state index in [0.29, 0.717) is 16.8 Å². The van der Waals surface area contributed by atoms with Crippen LogP contribution < -0.4 is 11.3 Å². The number of rotatable bonds is 2. The standard InChI is InChI=1S/C10H9N5OS/c1-2-3-15-4-12-9-6(15)5-7(17-9)8(16)14-10(11)13-5/h2,4H,1,3H2,(H3,11,13,14,16). The molecule has 3 rings (SSSR count). The van der Waals surface area contributed by atoms with Gasteiger partial charge in [-0.25, -0.2) is 9.97 Å². The normalized spacial score (nSPS) is 11.3. The number of imidazole rings is 1. The summed E-state index contributed by atoms with van der Waals surface area (Å²) in [5.74, 6) is 0.119. The summed E-state index contributed by atoms with van der Waals surface area (Å²) in [5, 5.41) is 0.